The van der Waals surface area contributed by atoms with Crippen LogP contribution < -0.4 is 0 Å². The number of nitrogens with zero attached hydrogens (tertiary/aromatic N) is 6. The van der Waals surface area contributed by atoms with Gasteiger partial charge in [-0.1, -0.05) is 60.7 Å². The minimum Gasteiger partial charge on any atom is -0.282 e. The molecule has 4 N–H and O–H groups in total. The van der Waals surface area contributed by atoms with Crippen LogP contribution in [0.3, 0.4) is 0 Å². The third kappa shape index (κ3) is 6.58. The van der Waals surface area contributed by atoms with Gasteiger partial charge in [-0.2, -0.15) is 43.3 Å². The molecule has 56 heavy (non-hydrogen) atoms. The zero-order chi connectivity index (χ0) is 39.9. The molecule has 0 unspecified atom stereocenters. The zero-order valence-corrected chi connectivity index (χ0v) is 31.0. The van der Waals surface area contributed by atoms with Gasteiger partial charge in [-0.25, -0.2) is 0 Å². The maximum Gasteiger partial charge on any atom is 0.295 e. The van der Waals surface area contributed by atoms with Crippen molar-refractivity contribution in [2.75, 3.05) is 0 Å². The van der Waals surface area contributed by atoms with Crippen molar-refractivity contribution in [3.8, 4) is 11.4 Å². The first-order valence-corrected chi connectivity index (χ1v) is 21.5. The Labute approximate surface area is 315 Å². The number of hydrogen-bond donors (Lipinski definition) is 4. The molecule has 0 aliphatic carbocycles. The van der Waals surface area contributed by atoms with E-state index in [2.05, 4.69) is 20.4 Å². The Hall–Kier alpha value is -5.98. The van der Waals surface area contributed by atoms with E-state index in [1.165, 1.54) is 84.9 Å². The van der Waals surface area contributed by atoms with Crippen molar-refractivity contribution >= 4 is 96.2 Å². The van der Waals surface area contributed by atoms with Gasteiger partial charge in [0.2, 0.25) is 0 Å². The monoisotopic (exact) mass is 834 g/mol. The van der Waals surface area contributed by atoms with E-state index < -0.39 is 50.3 Å². The second-order valence-electron chi connectivity index (χ2n) is 12.2. The lowest BCUT2D eigenvalue weighted by Gasteiger charge is -2.08. The van der Waals surface area contributed by atoms with Gasteiger partial charge in [-0.05, 0) is 59.7 Å². The molecule has 0 radical (unpaired) electrons. The van der Waals surface area contributed by atoms with Crippen molar-refractivity contribution in [1.82, 2.24) is 30.0 Å². The summed E-state index contributed by atoms with van der Waals surface area (Å²) in [7, 11) is -19.0. The van der Waals surface area contributed by atoms with Gasteiger partial charge in [0, 0.05) is 21.5 Å². The minimum atomic E-state index is -4.93. The van der Waals surface area contributed by atoms with Gasteiger partial charge in [-0.3, -0.25) is 18.2 Å². The van der Waals surface area contributed by atoms with Gasteiger partial charge in [-0.15, -0.1) is 20.4 Å². The Bertz CT molecular complexity index is 3260. The van der Waals surface area contributed by atoms with Crippen LogP contribution in [0.15, 0.2) is 117 Å². The van der Waals surface area contributed by atoms with Gasteiger partial charge in [0.1, 0.15) is 41.6 Å². The summed E-state index contributed by atoms with van der Waals surface area (Å²) in [4.78, 5) is 0.195. The highest BCUT2D eigenvalue weighted by Gasteiger charge is 2.22. The molecule has 6 aromatic carbocycles. The number of benzene rings is 6. The van der Waals surface area contributed by atoms with E-state index in [-0.39, 0.29) is 54.1 Å². The van der Waals surface area contributed by atoms with Crippen molar-refractivity contribution in [2.24, 2.45) is 0 Å². The average molecular weight is 835 g/mol. The lowest BCUT2D eigenvalue weighted by Crippen LogP contribution is -2.06. The van der Waals surface area contributed by atoms with Crippen LogP contribution in [-0.4, -0.2) is 81.9 Å². The molecule has 22 heteroatoms. The number of rotatable bonds is 8. The lowest BCUT2D eigenvalue weighted by atomic mass is 10.1. The van der Waals surface area contributed by atoms with Crippen LogP contribution in [-0.2, 0) is 40.5 Å². The second-order valence-corrected chi connectivity index (χ2v) is 17.8. The second kappa shape index (κ2) is 12.8. The Balaban J connectivity index is 1.17. The third-order valence-electron chi connectivity index (χ3n) is 8.75. The molecule has 0 aliphatic heterocycles. The Kier molecular flexibility index (Phi) is 8.44. The molecule has 0 saturated heterocycles. The van der Waals surface area contributed by atoms with Crippen LogP contribution >= 0.6 is 0 Å². The summed E-state index contributed by atoms with van der Waals surface area (Å²) < 4.78 is 138. The average Bonchev–Trinajstić information content (AvgIpc) is 3.77. The molecule has 0 bridgehead atoms. The van der Waals surface area contributed by atoms with Crippen LogP contribution in [0.2, 0.25) is 0 Å². The number of aromatic nitrogens is 6. The molecule has 8 rings (SSSR count). The summed E-state index contributed by atoms with van der Waals surface area (Å²) in [5.74, 6) is 0. The highest BCUT2D eigenvalue weighted by atomic mass is 32.2. The van der Waals surface area contributed by atoms with Crippen LogP contribution in [0.5, 0.6) is 0 Å². The van der Waals surface area contributed by atoms with Crippen LogP contribution in [0.1, 0.15) is 11.1 Å². The van der Waals surface area contributed by atoms with E-state index in [1.807, 2.05) is 0 Å². The van der Waals surface area contributed by atoms with Crippen LogP contribution in [0.4, 0.5) is 0 Å². The molecule has 18 nitrogen and oxygen atoms in total. The van der Waals surface area contributed by atoms with Gasteiger partial charge in [0.15, 0.2) is 0 Å². The van der Waals surface area contributed by atoms with E-state index >= 15 is 0 Å². The highest BCUT2D eigenvalue weighted by Crippen LogP contribution is 2.32. The molecule has 0 spiro atoms. The Morgan fingerprint density at radius 3 is 1.14 bits per heavy atom. The number of hydrogen-bond acceptors (Lipinski definition) is 12. The molecule has 0 atom stereocenters. The predicted octanol–water partition coefficient (Wildman–Crippen LogP) is 4.62. The van der Waals surface area contributed by atoms with E-state index in [1.54, 1.807) is 12.1 Å². The summed E-state index contributed by atoms with van der Waals surface area (Å²) in [5, 5.41) is 18.5. The standard InChI is InChI=1S/C34H22N6O12S4/c41-53(42,43)29-5-1-3-25-23(29)13-15-27-33(25)37-39(35-27)21-11-9-19(31(17-21)55(47,48)49)7-8-20-10-12-22(18-32(20)56(50,51)52)40-36-28-16-14-24-26(34(28)38-40)4-2-6-30(24)54(44,45)46/h1-18H,(H,41,42,43)(H,44,45,46)(H,47,48,49)(H,50,51,52). The van der Waals surface area contributed by atoms with E-state index in [4.69, 9.17) is 0 Å². The topological polar surface area (TPSA) is 279 Å². The van der Waals surface area contributed by atoms with Crippen molar-refractivity contribution < 1.29 is 51.9 Å². The van der Waals surface area contributed by atoms with Crippen molar-refractivity contribution in [2.45, 2.75) is 19.6 Å². The van der Waals surface area contributed by atoms with E-state index in [0.29, 0.717) is 21.8 Å². The molecule has 284 valence electrons. The quantitative estimate of drug-likeness (QED) is 0.120. The molecule has 0 amide bonds. The summed E-state index contributed by atoms with van der Waals surface area (Å²) in [6.45, 7) is 0. The first-order valence-electron chi connectivity index (χ1n) is 15.7. The molecule has 0 aliphatic rings. The third-order valence-corrected chi connectivity index (χ3v) is 12.4. The molecule has 8 aromatic rings. The van der Waals surface area contributed by atoms with Crippen molar-refractivity contribution in [3.63, 3.8) is 0 Å². The molecular formula is C34H22N6O12S4. The largest absolute Gasteiger partial charge is 0.295 e. The summed E-state index contributed by atoms with van der Waals surface area (Å²) in [5.41, 5.74) is 0.969. The fraction of sp³-hybridized carbons (Fsp3) is 0. The van der Waals surface area contributed by atoms with Crippen LogP contribution in [0, 0.1) is 0 Å². The molecule has 2 heterocycles. The summed E-state index contributed by atoms with van der Waals surface area (Å²) in [6, 6.07) is 21.7. The molecular weight excluding hydrogens is 813 g/mol. The number of fused-ring (bicyclic) bond motifs is 6. The maximum atomic E-state index is 12.6. The normalized spacial score (nSPS) is 13.1. The van der Waals surface area contributed by atoms with Gasteiger partial charge < -0.3 is 0 Å². The first kappa shape index (κ1) is 37.0. The maximum absolute atomic E-state index is 12.6. The molecule has 0 saturated carbocycles. The zero-order valence-electron chi connectivity index (χ0n) is 27.8. The summed E-state index contributed by atoms with van der Waals surface area (Å²) in [6.07, 6.45) is 2.38. The van der Waals surface area contributed by atoms with E-state index in [0.717, 1.165) is 21.7 Å². The minimum absolute atomic E-state index is 0.0640. The molecule has 0 fully saturated rings. The fourth-order valence-corrected chi connectivity index (χ4v) is 9.11. The fourth-order valence-electron chi connectivity index (χ4n) is 6.29. The Morgan fingerprint density at radius 1 is 0.411 bits per heavy atom. The Morgan fingerprint density at radius 2 is 0.786 bits per heavy atom. The van der Waals surface area contributed by atoms with E-state index in [9.17, 15) is 51.9 Å². The van der Waals surface area contributed by atoms with Crippen molar-refractivity contribution in [1.29, 1.82) is 0 Å². The van der Waals surface area contributed by atoms with Gasteiger partial charge in [0.05, 0.1) is 11.4 Å². The van der Waals surface area contributed by atoms with Gasteiger partial charge in [0.25, 0.3) is 40.5 Å². The predicted molar refractivity (Wildman–Crippen MR) is 201 cm³/mol. The molecule has 2 aromatic heterocycles. The SMILES string of the molecule is O=S(=O)(O)c1cc(-n2nc3ccc4c(S(=O)(=O)O)cccc4c3n2)ccc1C=Cc1ccc(-n2nc3ccc4c(S(=O)(=O)O)cccc4c3n2)cc1S(=O)(=O)O. The lowest BCUT2D eigenvalue weighted by molar-refractivity contribution is 0.480. The first-order chi connectivity index (χ1) is 26.3. The van der Waals surface area contributed by atoms with Gasteiger partial charge >= 0.3 is 0 Å². The van der Waals surface area contributed by atoms with Crippen molar-refractivity contribution in [3.05, 3.63) is 108 Å². The highest BCUT2D eigenvalue weighted by molar-refractivity contribution is 7.86. The summed E-state index contributed by atoms with van der Waals surface area (Å²) >= 11 is 0. The smallest absolute Gasteiger partial charge is 0.282 e. The van der Waals surface area contributed by atoms with Crippen LogP contribution in [0.25, 0.3) is 67.1 Å².